The summed E-state index contributed by atoms with van der Waals surface area (Å²) in [5, 5.41) is 5.92. The fourth-order valence-electron chi connectivity index (χ4n) is 1.89. The Morgan fingerprint density at radius 1 is 1.35 bits per heavy atom. The van der Waals surface area contributed by atoms with E-state index >= 15 is 0 Å². The topological polar surface area (TPSA) is 53.5 Å². The van der Waals surface area contributed by atoms with Gasteiger partial charge in [0.15, 0.2) is 12.0 Å². The minimum absolute atomic E-state index is 0.0794. The Morgan fingerprint density at radius 2 is 2.10 bits per heavy atom. The Morgan fingerprint density at radius 3 is 2.80 bits per heavy atom. The van der Waals surface area contributed by atoms with Gasteiger partial charge in [0, 0.05) is 6.54 Å². The Balaban J connectivity index is 1.90. The average molecular weight is 271 g/mol. The molecule has 0 saturated heterocycles. The van der Waals surface area contributed by atoms with Crippen LogP contribution in [0.15, 0.2) is 41.4 Å². The van der Waals surface area contributed by atoms with E-state index in [9.17, 15) is 4.79 Å². The third kappa shape index (κ3) is 4.23. The van der Waals surface area contributed by atoms with E-state index in [1.807, 2.05) is 42.5 Å². The second-order valence-electron chi connectivity index (χ2n) is 5.29. The van der Waals surface area contributed by atoms with Crippen molar-refractivity contribution >= 4 is 17.9 Å². The molecule has 1 aliphatic rings. The molecule has 2 rings (SSSR count). The van der Waals surface area contributed by atoms with Gasteiger partial charge in [-0.15, -0.1) is 0 Å². The number of benzene rings is 1. The molecule has 0 aliphatic carbocycles. The van der Waals surface area contributed by atoms with E-state index in [0.29, 0.717) is 11.9 Å². The smallest absolute Gasteiger partial charge is 0.255 e. The third-order valence-electron chi connectivity index (χ3n) is 3.06. The molecule has 0 fully saturated rings. The lowest BCUT2D eigenvalue weighted by atomic mass is 10.1. The first-order chi connectivity index (χ1) is 9.65. The SMILES string of the molecule is CC(C)CCNC1=NC(/C=C/c2ccccc2)C(=O)N1. The van der Waals surface area contributed by atoms with Gasteiger partial charge in [-0.3, -0.25) is 10.1 Å². The highest BCUT2D eigenvalue weighted by Gasteiger charge is 2.23. The lowest BCUT2D eigenvalue weighted by Crippen LogP contribution is -2.37. The van der Waals surface area contributed by atoms with Crippen LogP contribution in [-0.2, 0) is 4.79 Å². The highest BCUT2D eigenvalue weighted by Crippen LogP contribution is 2.07. The molecule has 0 bridgehead atoms. The van der Waals surface area contributed by atoms with Gasteiger partial charge in [0.1, 0.15) is 0 Å². The summed E-state index contributed by atoms with van der Waals surface area (Å²) in [5.74, 6) is 1.14. The number of nitrogens with zero attached hydrogens (tertiary/aromatic N) is 1. The molecule has 1 aromatic carbocycles. The van der Waals surface area contributed by atoms with Gasteiger partial charge in [-0.25, -0.2) is 4.99 Å². The molecule has 0 spiro atoms. The van der Waals surface area contributed by atoms with Crippen LogP contribution in [0.2, 0.25) is 0 Å². The Kier molecular flexibility index (Phi) is 4.93. The maximum atomic E-state index is 11.8. The van der Waals surface area contributed by atoms with Crippen molar-refractivity contribution < 1.29 is 4.79 Å². The standard InChI is InChI=1S/C16H21N3O/c1-12(2)10-11-17-16-18-14(15(20)19-16)9-8-13-6-4-3-5-7-13/h3-9,12,14H,10-11H2,1-2H3,(H2,17,18,19,20)/b9-8+. The zero-order chi connectivity index (χ0) is 14.4. The molecule has 1 atom stereocenters. The molecule has 1 unspecified atom stereocenters. The summed E-state index contributed by atoms with van der Waals surface area (Å²) < 4.78 is 0. The maximum absolute atomic E-state index is 11.8. The van der Waals surface area contributed by atoms with E-state index < -0.39 is 6.04 Å². The van der Waals surface area contributed by atoms with E-state index in [4.69, 9.17) is 0 Å². The van der Waals surface area contributed by atoms with Crippen LogP contribution in [0.5, 0.6) is 0 Å². The number of guanidine groups is 1. The van der Waals surface area contributed by atoms with Crippen molar-refractivity contribution in [1.29, 1.82) is 0 Å². The van der Waals surface area contributed by atoms with Gasteiger partial charge < -0.3 is 5.32 Å². The largest absolute Gasteiger partial charge is 0.356 e. The van der Waals surface area contributed by atoms with Crippen molar-refractivity contribution in [2.45, 2.75) is 26.3 Å². The van der Waals surface area contributed by atoms with Gasteiger partial charge in [-0.2, -0.15) is 0 Å². The van der Waals surface area contributed by atoms with Crippen LogP contribution in [0, 0.1) is 5.92 Å². The Labute approximate surface area is 120 Å². The first-order valence-electron chi connectivity index (χ1n) is 7.01. The monoisotopic (exact) mass is 271 g/mol. The summed E-state index contributed by atoms with van der Waals surface area (Å²) in [6, 6.07) is 9.46. The maximum Gasteiger partial charge on any atom is 0.255 e. The predicted octanol–water partition coefficient (Wildman–Crippen LogP) is 2.19. The lowest BCUT2D eigenvalue weighted by molar-refractivity contribution is -0.119. The van der Waals surface area contributed by atoms with Crippen molar-refractivity contribution in [2.75, 3.05) is 6.54 Å². The van der Waals surface area contributed by atoms with Gasteiger partial charge in [-0.1, -0.05) is 56.3 Å². The molecule has 20 heavy (non-hydrogen) atoms. The van der Waals surface area contributed by atoms with Crippen LogP contribution in [0.1, 0.15) is 25.8 Å². The fraction of sp³-hybridized carbons (Fsp3) is 0.375. The van der Waals surface area contributed by atoms with E-state index in [-0.39, 0.29) is 5.91 Å². The molecule has 0 saturated carbocycles. The molecule has 1 amide bonds. The Bertz CT molecular complexity index is 506. The Hall–Kier alpha value is -2.10. The van der Waals surface area contributed by atoms with E-state index in [1.165, 1.54) is 0 Å². The number of nitrogens with one attached hydrogen (secondary N) is 2. The van der Waals surface area contributed by atoms with Crippen molar-refractivity contribution in [1.82, 2.24) is 10.6 Å². The molecule has 106 valence electrons. The molecule has 0 aromatic heterocycles. The first kappa shape index (κ1) is 14.3. The zero-order valence-electron chi connectivity index (χ0n) is 12.0. The average Bonchev–Trinajstić information content (AvgIpc) is 2.78. The molecule has 4 heteroatoms. The minimum Gasteiger partial charge on any atom is -0.356 e. The summed E-state index contributed by atoms with van der Waals surface area (Å²) in [6.07, 6.45) is 4.80. The number of hydrogen-bond acceptors (Lipinski definition) is 3. The zero-order valence-corrected chi connectivity index (χ0v) is 12.0. The normalized spacial score (nSPS) is 18.4. The molecular weight excluding hydrogens is 250 g/mol. The summed E-state index contributed by atoms with van der Waals surface area (Å²) in [7, 11) is 0. The van der Waals surface area contributed by atoms with Crippen LogP contribution >= 0.6 is 0 Å². The number of carbonyl (C=O) groups is 1. The summed E-state index contributed by atoms with van der Waals surface area (Å²) in [4.78, 5) is 16.1. The van der Waals surface area contributed by atoms with E-state index in [2.05, 4.69) is 29.5 Å². The second kappa shape index (κ2) is 6.89. The quantitative estimate of drug-likeness (QED) is 0.862. The van der Waals surface area contributed by atoms with Crippen LogP contribution in [0.4, 0.5) is 0 Å². The summed E-state index contributed by atoms with van der Waals surface area (Å²) in [6.45, 7) is 5.16. The molecule has 1 heterocycles. The van der Waals surface area contributed by atoms with Gasteiger partial charge in [0.2, 0.25) is 0 Å². The second-order valence-corrected chi connectivity index (χ2v) is 5.29. The molecule has 1 aromatic rings. The van der Waals surface area contributed by atoms with Crippen molar-refractivity contribution in [2.24, 2.45) is 10.9 Å². The van der Waals surface area contributed by atoms with Crippen molar-refractivity contribution in [3.8, 4) is 0 Å². The van der Waals surface area contributed by atoms with Gasteiger partial charge in [-0.05, 0) is 17.9 Å². The van der Waals surface area contributed by atoms with Gasteiger partial charge in [0.25, 0.3) is 5.91 Å². The fourth-order valence-corrected chi connectivity index (χ4v) is 1.89. The lowest BCUT2D eigenvalue weighted by Gasteiger charge is -2.06. The van der Waals surface area contributed by atoms with Crippen LogP contribution in [-0.4, -0.2) is 24.5 Å². The summed E-state index contributed by atoms with van der Waals surface area (Å²) in [5.41, 5.74) is 1.07. The number of hydrogen-bond donors (Lipinski definition) is 2. The highest BCUT2D eigenvalue weighted by molar-refractivity contribution is 6.06. The predicted molar refractivity (Wildman–Crippen MR) is 82.3 cm³/mol. The van der Waals surface area contributed by atoms with E-state index in [0.717, 1.165) is 18.5 Å². The highest BCUT2D eigenvalue weighted by atomic mass is 16.2. The molecule has 1 aliphatic heterocycles. The molecule has 4 nitrogen and oxygen atoms in total. The van der Waals surface area contributed by atoms with Gasteiger partial charge in [0.05, 0.1) is 0 Å². The number of carbonyl (C=O) groups excluding carboxylic acids is 1. The van der Waals surface area contributed by atoms with Gasteiger partial charge >= 0.3 is 0 Å². The van der Waals surface area contributed by atoms with Crippen LogP contribution in [0.3, 0.4) is 0 Å². The third-order valence-corrected chi connectivity index (χ3v) is 3.06. The van der Waals surface area contributed by atoms with E-state index in [1.54, 1.807) is 0 Å². The van der Waals surface area contributed by atoms with Crippen LogP contribution in [0.25, 0.3) is 6.08 Å². The van der Waals surface area contributed by atoms with Crippen molar-refractivity contribution in [3.63, 3.8) is 0 Å². The number of aliphatic imine (C=N–C) groups is 1. The number of amides is 1. The summed E-state index contributed by atoms with van der Waals surface area (Å²) >= 11 is 0. The number of rotatable bonds is 5. The first-order valence-corrected chi connectivity index (χ1v) is 7.01. The van der Waals surface area contributed by atoms with Crippen LogP contribution < -0.4 is 10.6 Å². The van der Waals surface area contributed by atoms with Crippen molar-refractivity contribution in [3.05, 3.63) is 42.0 Å². The molecule has 2 N–H and O–H groups in total. The molecule has 0 radical (unpaired) electrons. The minimum atomic E-state index is -0.434. The molecular formula is C16H21N3O.